The van der Waals surface area contributed by atoms with Gasteiger partial charge in [-0.25, -0.2) is 4.98 Å². The highest BCUT2D eigenvalue weighted by molar-refractivity contribution is 6.01. The van der Waals surface area contributed by atoms with Gasteiger partial charge in [0.15, 0.2) is 0 Å². The van der Waals surface area contributed by atoms with E-state index in [9.17, 15) is 9.59 Å². The van der Waals surface area contributed by atoms with E-state index in [1.807, 2.05) is 0 Å². The van der Waals surface area contributed by atoms with Gasteiger partial charge in [0.05, 0.1) is 12.0 Å². The molecule has 0 aliphatic heterocycles. The van der Waals surface area contributed by atoms with Gasteiger partial charge in [0.25, 0.3) is 0 Å². The van der Waals surface area contributed by atoms with Gasteiger partial charge in [0.1, 0.15) is 11.2 Å². The summed E-state index contributed by atoms with van der Waals surface area (Å²) in [5.74, 6) is -0.984. The van der Waals surface area contributed by atoms with Crippen LogP contribution in [0.1, 0.15) is 24.2 Å². The Bertz CT molecular complexity index is 400. The van der Waals surface area contributed by atoms with Crippen LogP contribution in [0, 0.1) is 6.92 Å². The van der Waals surface area contributed by atoms with Crippen LogP contribution >= 0.6 is 0 Å². The van der Waals surface area contributed by atoms with Crippen molar-refractivity contribution < 1.29 is 14.7 Å². The molecule has 1 aromatic rings. The van der Waals surface area contributed by atoms with Gasteiger partial charge in [-0.1, -0.05) is 0 Å². The van der Waals surface area contributed by atoms with Crippen LogP contribution in [0.3, 0.4) is 0 Å². The summed E-state index contributed by atoms with van der Waals surface area (Å²) in [6.45, 7) is 1.76. The highest BCUT2D eigenvalue weighted by Crippen LogP contribution is 2.41. The Morgan fingerprint density at radius 1 is 1.64 bits per heavy atom. The van der Waals surface area contributed by atoms with Crippen molar-refractivity contribution in [2.24, 2.45) is 0 Å². The van der Waals surface area contributed by atoms with Gasteiger partial charge in [-0.3, -0.25) is 9.59 Å². The summed E-state index contributed by atoms with van der Waals surface area (Å²) in [6, 6.07) is 0. The van der Waals surface area contributed by atoms with Gasteiger partial charge in [0, 0.05) is 18.5 Å². The fourth-order valence-corrected chi connectivity index (χ4v) is 1.88. The molecule has 0 spiro atoms. The number of carboxylic acids is 1. The molecule has 2 rings (SSSR count). The molecule has 0 saturated heterocycles. The minimum Gasteiger partial charge on any atom is -0.481 e. The number of aryl methyl sites for hydroxylation is 1. The number of aliphatic carboxylic acids is 1. The Balaban J connectivity index is 2.44. The molecule has 5 heteroatoms. The van der Waals surface area contributed by atoms with Gasteiger partial charge >= 0.3 is 5.97 Å². The molecule has 0 radical (unpaired) electrons. The Hall–Kier alpha value is -1.65. The first-order valence-electron chi connectivity index (χ1n) is 4.32. The summed E-state index contributed by atoms with van der Waals surface area (Å²) in [6.07, 6.45) is 1.58. The van der Waals surface area contributed by atoms with Crippen LogP contribution in [0.15, 0.2) is 6.33 Å². The van der Waals surface area contributed by atoms with Crippen molar-refractivity contribution in [3.05, 3.63) is 17.7 Å². The van der Waals surface area contributed by atoms with Crippen LogP contribution in [0.2, 0.25) is 0 Å². The van der Waals surface area contributed by atoms with Crippen LogP contribution in [0.5, 0.6) is 0 Å². The smallest absolute Gasteiger partial charge is 0.316 e. The molecule has 1 saturated carbocycles. The monoisotopic (exact) mass is 194 g/mol. The molecule has 1 aliphatic carbocycles. The van der Waals surface area contributed by atoms with Crippen molar-refractivity contribution in [1.29, 1.82) is 0 Å². The largest absolute Gasteiger partial charge is 0.481 e. The highest BCUT2D eigenvalue weighted by Gasteiger charge is 2.53. The lowest BCUT2D eigenvalue weighted by Gasteiger charge is -2.35. The summed E-state index contributed by atoms with van der Waals surface area (Å²) in [4.78, 5) is 28.8. The maximum Gasteiger partial charge on any atom is 0.316 e. The van der Waals surface area contributed by atoms with E-state index in [-0.39, 0.29) is 18.6 Å². The Kier molecular flexibility index (Phi) is 1.70. The number of H-pyrrole nitrogens is 1. The van der Waals surface area contributed by atoms with Gasteiger partial charge in [-0.2, -0.15) is 0 Å². The molecule has 2 N–H and O–H groups in total. The average Bonchev–Trinajstić information content (AvgIpc) is 2.45. The molecule has 1 aromatic heterocycles. The number of rotatable bonds is 2. The van der Waals surface area contributed by atoms with Gasteiger partial charge in [-0.05, 0) is 6.92 Å². The second kappa shape index (κ2) is 2.67. The number of aromatic amines is 1. The predicted octanol–water partition coefficient (Wildman–Crippen LogP) is 0.403. The van der Waals surface area contributed by atoms with Crippen LogP contribution in [0.25, 0.3) is 0 Å². The Labute approximate surface area is 80.2 Å². The number of carboxylic acid groups (broad SMARTS) is 1. The molecule has 0 atom stereocenters. The lowest BCUT2D eigenvalue weighted by Crippen LogP contribution is -2.49. The zero-order valence-electron chi connectivity index (χ0n) is 7.70. The first kappa shape index (κ1) is 8.93. The molecule has 1 heterocycles. The number of hydrogen-bond donors (Lipinski definition) is 2. The zero-order chi connectivity index (χ0) is 10.3. The number of nitrogens with one attached hydrogen (secondary N) is 1. The average molecular weight is 194 g/mol. The third-order valence-corrected chi connectivity index (χ3v) is 2.69. The van der Waals surface area contributed by atoms with E-state index in [1.54, 1.807) is 6.92 Å². The van der Waals surface area contributed by atoms with Crippen LogP contribution in [-0.2, 0) is 15.0 Å². The second-order valence-electron chi connectivity index (χ2n) is 3.66. The van der Waals surface area contributed by atoms with Crippen molar-refractivity contribution >= 4 is 11.8 Å². The standard InChI is InChI=1S/C9H10N2O3/c1-5-7(11-4-10-5)9(8(13)14)2-6(12)3-9/h4H,2-3H2,1H3,(H,10,11)(H,13,14). The molecule has 0 amide bonds. The first-order valence-corrected chi connectivity index (χ1v) is 4.32. The molecule has 14 heavy (non-hydrogen) atoms. The third kappa shape index (κ3) is 0.982. The topological polar surface area (TPSA) is 83.1 Å². The lowest BCUT2D eigenvalue weighted by atomic mass is 9.65. The van der Waals surface area contributed by atoms with E-state index < -0.39 is 11.4 Å². The van der Waals surface area contributed by atoms with E-state index in [2.05, 4.69) is 9.97 Å². The van der Waals surface area contributed by atoms with Gasteiger partial charge in [0.2, 0.25) is 0 Å². The van der Waals surface area contributed by atoms with Crippen LogP contribution in [0.4, 0.5) is 0 Å². The van der Waals surface area contributed by atoms with Crippen LogP contribution < -0.4 is 0 Å². The Morgan fingerprint density at radius 3 is 2.64 bits per heavy atom. The van der Waals surface area contributed by atoms with Crippen molar-refractivity contribution in [2.75, 3.05) is 0 Å². The number of nitrogens with zero attached hydrogens (tertiary/aromatic N) is 1. The molecule has 1 aliphatic rings. The Morgan fingerprint density at radius 2 is 2.29 bits per heavy atom. The number of imidazole rings is 1. The molecule has 0 aromatic carbocycles. The number of ketones is 1. The van der Waals surface area contributed by atoms with Gasteiger partial charge in [-0.15, -0.1) is 0 Å². The normalized spacial score (nSPS) is 19.1. The summed E-state index contributed by atoms with van der Waals surface area (Å²) < 4.78 is 0. The summed E-state index contributed by atoms with van der Waals surface area (Å²) in [5, 5.41) is 9.09. The minimum absolute atomic E-state index is 0.0187. The SMILES string of the molecule is Cc1[nH]cnc1C1(C(=O)O)CC(=O)C1. The lowest BCUT2D eigenvalue weighted by molar-refractivity contribution is -0.153. The van der Waals surface area contributed by atoms with Crippen LogP contribution in [-0.4, -0.2) is 26.8 Å². The molecular formula is C9H10N2O3. The van der Waals surface area contributed by atoms with Crippen molar-refractivity contribution in [1.82, 2.24) is 9.97 Å². The maximum absolute atomic E-state index is 11.1. The number of hydrogen-bond acceptors (Lipinski definition) is 3. The van der Waals surface area contributed by atoms with Crippen molar-refractivity contribution in [3.63, 3.8) is 0 Å². The number of carbonyl (C=O) groups excluding carboxylic acids is 1. The van der Waals surface area contributed by atoms with E-state index >= 15 is 0 Å². The predicted molar refractivity (Wildman–Crippen MR) is 46.9 cm³/mol. The molecular weight excluding hydrogens is 184 g/mol. The molecule has 1 fully saturated rings. The van der Waals surface area contributed by atoms with Gasteiger partial charge < -0.3 is 10.1 Å². The zero-order valence-corrected chi connectivity index (χ0v) is 7.70. The van der Waals surface area contributed by atoms with Crippen molar-refractivity contribution in [3.8, 4) is 0 Å². The quantitative estimate of drug-likeness (QED) is 0.714. The molecule has 74 valence electrons. The second-order valence-corrected chi connectivity index (χ2v) is 3.66. The number of Topliss-reactive ketones (excluding diaryl/α,β-unsaturated/α-hetero) is 1. The summed E-state index contributed by atoms with van der Waals surface area (Å²) in [7, 11) is 0. The van der Waals surface area contributed by atoms with E-state index in [1.165, 1.54) is 6.33 Å². The van der Waals surface area contributed by atoms with E-state index in [4.69, 9.17) is 5.11 Å². The number of aromatic nitrogens is 2. The maximum atomic E-state index is 11.1. The molecule has 5 nitrogen and oxygen atoms in total. The van der Waals surface area contributed by atoms with Crippen molar-refractivity contribution in [2.45, 2.75) is 25.2 Å². The van der Waals surface area contributed by atoms with E-state index in [0.29, 0.717) is 5.69 Å². The van der Waals surface area contributed by atoms with E-state index in [0.717, 1.165) is 5.69 Å². The fraction of sp³-hybridized carbons (Fsp3) is 0.444. The minimum atomic E-state index is -1.07. The summed E-state index contributed by atoms with van der Waals surface area (Å²) >= 11 is 0. The first-order chi connectivity index (χ1) is 6.56. The third-order valence-electron chi connectivity index (χ3n) is 2.69. The summed E-state index contributed by atoms with van der Waals surface area (Å²) in [5.41, 5.74) is 0.144. The molecule has 0 unspecified atom stereocenters. The number of carbonyl (C=O) groups is 2. The highest BCUT2D eigenvalue weighted by atomic mass is 16.4. The molecule has 0 bridgehead atoms. The fourth-order valence-electron chi connectivity index (χ4n) is 1.88.